The molecule has 0 amide bonds. The number of benzene rings is 1. The Hall–Kier alpha value is -4.65. The molecule has 7 rings (SSSR count). The van der Waals surface area contributed by atoms with Gasteiger partial charge in [0.1, 0.15) is 29.9 Å². The van der Waals surface area contributed by atoms with Gasteiger partial charge in [-0.3, -0.25) is 9.58 Å². The van der Waals surface area contributed by atoms with Crippen LogP contribution in [0.4, 0.5) is 11.6 Å². The molecule has 0 spiro atoms. The molecule has 270 valence electrons. The number of nitrogens with zero attached hydrogens (tertiary/aromatic N) is 10. The van der Waals surface area contributed by atoms with E-state index in [1.54, 1.807) is 23.1 Å². The lowest BCUT2D eigenvalue weighted by atomic mass is 9.78. The summed E-state index contributed by atoms with van der Waals surface area (Å²) in [7, 11) is 0. The Kier molecular flexibility index (Phi) is 10.4. The highest BCUT2D eigenvalue weighted by Crippen LogP contribution is 2.37. The van der Waals surface area contributed by atoms with Crippen LogP contribution in [-0.2, 0) is 11.3 Å². The monoisotopic (exact) mass is 697 g/mol. The molecule has 0 unspecified atom stereocenters. The van der Waals surface area contributed by atoms with Crippen molar-refractivity contribution in [3.63, 3.8) is 0 Å². The molecule has 1 saturated heterocycles. The highest BCUT2D eigenvalue weighted by Gasteiger charge is 2.35. The number of rotatable bonds is 13. The van der Waals surface area contributed by atoms with Crippen LogP contribution in [0, 0.1) is 11.3 Å². The Labute approximate surface area is 297 Å². The molecule has 51 heavy (non-hydrogen) atoms. The Bertz CT molecular complexity index is 1770. The summed E-state index contributed by atoms with van der Waals surface area (Å²) in [4.78, 5) is 11.8. The maximum absolute atomic E-state index is 10.6. The summed E-state index contributed by atoms with van der Waals surface area (Å²) in [5.41, 5.74) is 2.06. The summed E-state index contributed by atoms with van der Waals surface area (Å²) in [5, 5.41) is 39.8. The minimum absolute atomic E-state index is 0.262. The Morgan fingerprint density at radius 2 is 1.82 bits per heavy atom. The Morgan fingerprint density at radius 3 is 2.49 bits per heavy atom. The number of nitrogens with one attached hydrogen (secondary N) is 1. The van der Waals surface area contributed by atoms with E-state index in [-0.39, 0.29) is 24.4 Å². The van der Waals surface area contributed by atoms with E-state index in [1.807, 2.05) is 29.9 Å². The minimum atomic E-state index is -0.634. The topological polar surface area (TPSA) is 174 Å². The molecule has 3 atom stereocenters. The molecule has 15 heteroatoms. The summed E-state index contributed by atoms with van der Waals surface area (Å²) in [6.07, 6.45) is 14.8. The molecular formula is C36H47N11O4. The molecular weight excluding hydrogens is 650 g/mol. The fourth-order valence-corrected chi connectivity index (χ4v) is 7.47. The molecule has 0 radical (unpaired) electrons. The Morgan fingerprint density at radius 1 is 1.08 bits per heavy atom. The predicted octanol–water partition coefficient (Wildman–Crippen LogP) is 4.69. The highest BCUT2D eigenvalue weighted by molar-refractivity contribution is 5.67. The van der Waals surface area contributed by atoms with Crippen LogP contribution in [0.1, 0.15) is 83.7 Å². The maximum atomic E-state index is 10.6. The molecule has 4 aromatic rings. The second-order valence-electron chi connectivity index (χ2n) is 14.4. The van der Waals surface area contributed by atoms with E-state index in [0.29, 0.717) is 54.4 Å². The van der Waals surface area contributed by atoms with Gasteiger partial charge in [-0.2, -0.15) is 5.26 Å². The molecule has 3 fully saturated rings. The number of morpholine rings is 1. The third-order valence-corrected chi connectivity index (χ3v) is 10.3. The van der Waals surface area contributed by atoms with Gasteiger partial charge < -0.3 is 24.6 Å². The van der Waals surface area contributed by atoms with Crippen LogP contribution in [0.3, 0.4) is 0 Å². The van der Waals surface area contributed by atoms with Gasteiger partial charge in [0, 0.05) is 43.5 Å². The van der Waals surface area contributed by atoms with Gasteiger partial charge in [-0.25, -0.2) is 14.6 Å². The van der Waals surface area contributed by atoms with Crippen LogP contribution in [0.15, 0.2) is 43.1 Å². The molecule has 3 aromatic heterocycles. The van der Waals surface area contributed by atoms with Gasteiger partial charge in [0.25, 0.3) is 5.88 Å². The number of aromatic nitrogens is 8. The van der Waals surface area contributed by atoms with E-state index in [9.17, 15) is 10.4 Å². The average molecular weight is 698 g/mol. The molecule has 1 aromatic carbocycles. The van der Waals surface area contributed by atoms with E-state index >= 15 is 0 Å². The van der Waals surface area contributed by atoms with Crippen LogP contribution in [0.25, 0.3) is 11.1 Å². The molecule has 1 aliphatic heterocycles. The van der Waals surface area contributed by atoms with Crippen molar-refractivity contribution in [3.05, 3.63) is 48.7 Å². The summed E-state index contributed by atoms with van der Waals surface area (Å²) in [6.45, 7) is 9.00. The van der Waals surface area contributed by atoms with Crippen LogP contribution in [0.5, 0.6) is 11.6 Å². The molecule has 15 nitrogen and oxygen atoms in total. The zero-order chi connectivity index (χ0) is 35.4. The number of tetrazole rings is 1. The van der Waals surface area contributed by atoms with E-state index in [0.717, 1.165) is 69.2 Å². The standard InChI is InChI=1S/C36H47N11O4/c1-24-19-45(20-25(2)50-24)30-7-9-31(10-8-30)47-22-32(34(42-47)49-14-13-36(48)11-4-12-36)41-35-38-17-29(18-39-35)27-5-6-28(16-37)33(15-27)51-26(3)21-46-23-40-43-44-46/h5-6,15,17-18,22-26,30-31,48H,4,7-14,19-21H2,1-3H3,(H,38,39,41)/t24-,25+,26-,30?,31?/m0/s1. The fraction of sp³-hybridized carbons (Fsp3) is 0.583. The lowest BCUT2D eigenvalue weighted by Crippen LogP contribution is -2.51. The van der Waals surface area contributed by atoms with Gasteiger partial charge in [-0.05, 0) is 93.8 Å². The number of nitriles is 1. The first-order chi connectivity index (χ1) is 24.7. The zero-order valence-electron chi connectivity index (χ0n) is 29.6. The smallest absolute Gasteiger partial charge is 0.256 e. The average Bonchev–Trinajstić information content (AvgIpc) is 3.77. The van der Waals surface area contributed by atoms with E-state index in [2.05, 4.69) is 55.6 Å². The largest absolute Gasteiger partial charge is 0.487 e. The summed E-state index contributed by atoms with van der Waals surface area (Å²) < 4.78 is 21.9. The van der Waals surface area contributed by atoms with E-state index in [1.165, 1.54) is 6.33 Å². The van der Waals surface area contributed by atoms with Crippen LogP contribution >= 0.6 is 0 Å². The van der Waals surface area contributed by atoms with Gasteiger partial charge in [-0.1, -0.05) is 6.07 Å². The first-order valence-electron chi connectivity index (χ1n) is 18.1. The van der Waals surface area contributed by atoms with Crippen molar-refractivity contribution in [1.29, 1.82) is 5.26 Å². The first-order valence-corrected chi connectivity index (χ1v) is 18.1. The summed E-state index contributed by atoms with van der Waals surface area (Å²) >= 11 is 0. The minimum Gasteiger partial charge on any atom is -0.487 e. The van der Waals surface area contributed by atoms with Crippen molar-refractivity contribution in [2.45, 2.75) is 115 Å². The second-order valence-corrected chi connectivity index (χ2v) is 14.4. The lowest BCUT2D eigenvalue weighted by molar-refractivity contribution is -0.0852. The van der Waals surface area contributed by atoms with Gasteiger partial charge >= 0.3 is 0 Å². The summed E-state index contributed by atoms with van der Waals surface area (Å²) in [5.74, 6) is 1.34. The van der Waals surface area contributed by atoms with E-state index < -0.39 is 5.60 Å². The van der Waals surface area contributed by atoms with Crippen molar-refractivity contribution >= 4 is 11.6 Å². The van der Waals surface area contributed by atoms with Gasteiger partial charge in [0.2, 0.25) is 5.95 Å². The quantitative estimate of drug-likeness (QED) is 0.197. The molecule has 0 bridgehead atoms. The first kappa shape index (κ1) is 34.8. The summed E-state index contributed by atoms with van der Waals surface area (Å²) in [6, 6.07) is 8.43. The lowest BCUT2D eigenvalue weighted by Gasteiger charge is -2.42. The third-order valence-electron chi connectivity index (χ3n) is 10.3. The SMILES string of the molecule is C[C@@H]1CN(C2CCC(n3cc(Nc4ncc(-c5ccc(C#N)c(O[C@@H](C)Cn6cnnn6)c5)cn4)c(OCCC4(O)CCC4)n3)CC2)C[C@H](C)O1. The van der Waals surface area contributed by atoms with Gasteiger partial charge in [0.05, 0.1) is 48.8 Å². The normalized spacial score (nSPS) is 23.9. The van der Waals surface area contributed by atoms with Gasteiger partial charge in [0.15, 0.2) is 0 Å². The van der Waals surface area contributed by atoms with E-state index in [4.69, 9.17) is 19.3 Å². The number of anilines is 2. The second kappa shape index (κ2) is 15.3. The van der Waals surface area contributed by atoms with Crippen molar-refractivity contribution in [3.8, 4) is 28.8 Å². The molecule has 2 aliphatic carbocycles. The highest BCUT2D eigenvalue weighted by atomic mass is 16.5. The zero-order valence-corrected chi connectivity index (χ0v) is 29.6. The fourth-order valence-electron chi connectivity index (χ4n) is 7.47. The number of aliphatic hydroxyl groups is 1. The Balaban J connectivity index is 1.03. The number of ether oxygens (including phenoxy) is 3. The van der Waals surface area contributed by atoms with Crippen molar-refractivity contribution < 1.29 is 19.3 Å². The predicted molar refractivity (Wildman–Crippen MR) is 187 cm³/mol. The van der Waals surface area contributed by atoms with Crippen LogP contribution < -0.4 is 14.8 Å². The molecule has 2 N–H and O–H groups in total. The molecule has 4 heterocycles. The van der Waals surface area contributed by atoms with Crippen molar-refractivity contribution in [1.82, 2.24) is 44.9 Å². The van der Waals surface area contributed by atoms with Crippen LogP contribution in [0.2, 0.25) is 0 Å². The van der Waals surface area contributed by atoms with Crippen molar-refractivity contribution in [2.75, 3.05) is 25.0 Å². The molecule has 2 saturated carbocycles. The number of hydrogen-bond donors (Lipinski definition) is 2. The van der Waals surface area contributed by atoms with Gasteiger partial charge in [-0.15, -0.1) is 10.2 Å². The van der Waals surface area contributed by atoms with Crippen LogP contribution in [-0.4, -0.2) is 99.6 Å². The van der Waals surface area contributed by atoms with Crippen molar-refractivity contribution in [2.24, 2.45) is 0 Å². The number of hydrogen-bond acceptors (Lipinski definition) is 13. The maximum Gasteiger partial charge on any atom is 0.256 e. The molecule has 3 aliphatic rings. The third kappa shape index (κ3) is 8.46.